The molecule has 0 spiro atoms. The molecule has 3 atom stereocenters. The maximum absolute atomic E-state index is 11.8. The number of rotatable bonds is 5. The molecular weight excluding hydrogens is 322 g/mol. The smallest absolute Gasteiger partial charge is 0.306 e. The Morgan fingerprint density at radius 3 is 2.79 bits per heavy atom. The monoisotopic (exact) mass is 347 g/mol. The molecular formula is C18H25N3O2S. The molecule has 3 heterocycles. The predicted octanol–water partition coefficient (Wildman–Crippen LogP) is 2.71. The molecule has 5 nitrogen and oxygen atoms in total. The summed E-state index contributed by atoms with van der Waals surface area (Å²) in [5, 5.41) is 0.896. The Morgan fingerprint density at radius 1 is 1.29 bits per heavy atom. The Kier molecular flexibility index (Phi) is 4.41. The quantitative estimate of drug-likeness (QED) is 0.464. The minimum atomic E-state index is -0.0294. The zero-order chi connectivity index (χ0) is 16.7. The van der Waals surface area contributed by atoms with Gasteiger partial charge >= 0.3 is 5.97 Å². The van der Waals surface area contributed by atoms with E-state index in [0.717, 1.165) is 31.1 Å². The summed E-state index contributed by atoms with van der Waals surface area (Å²) < 4.78 is 5.14. The fraction of sp³-hybridized carbons (Fsp3) is 0.722. The summed E-state index contributed by atoms with van der Waals surface area (Å²) >= 11 is 1.63. The molecule has 3 fully saturated rings. The summed E-state index contributed by atoms with van der Waals surface area (Å²) in [6, 6.07) is 0. The van der Waals surface area contributed by atoms with E-state index < -0.39 is 0 Å². The first-order chi connectivity index (χ1) is 11.7. The molecule has 0 radical (unpaired) electrons. The van der Waals surface area contributed by atoms with E-state index in [1.807, 2.05) is 13.2 Å². The molecule has 2 saturated heterocycles. The second kappa shape index (κ2) is 6.54. The number of hydrogen-bond acceptors (Lipinski definition) is 6. The zero-order valence-electron chi connectivity index (χ0n) is 14.5. The molecule has 24 heavy (non-hydrogen) atoms. The summed E-state index contributed by atoms with van der Waals surface area (Å²) in [4.78, 5) is 23.8. The van der Waals surface area contributed by atoms with Crippen molar-refractivity contribution >= 4 is 23.5 Å². The maximum Gasteiger partial charge on any atom is 0.306 e. The number of aryl methyl sites for hydroxylation is 1. The third kappa shape index (κ3) is 2.79. The van der Waals surface area contributed by atoms with Gasteiger partial charge < -0.3 is 9.64 Å². The van der Waals surface area contributed by atoms with Crippen molar-refractivity contribution < 1.29 is 9.53 Å². The van der Waals surface area contributed by atoms with E-state index >= 15 is 0 Å². The highest BCUT2D eigenvalue weighted by atomic mass is 32.2. The van der Waals surface area contributed by atoms with E-state index in [-0.39, 0.29) is 5.97 Å². The number of piperidine rings is 2. The summed E-state index contributed by atoms with van der Waals surface area (Å²) in [5.41, 5.74) is 2.63. The van der Waals surface area contributed by atoms with Crippen LogP contribution in [-0.2, 0) is 22.4 Å². The Hall–Kier alpha value is -1.30. The second-order valence-electron chi connectivity index (χ2n) is 7.15. The summed E-state index contributed by atoms with van der Waals surface area (Å²) in [6.45, 7) is 4.41. The lowest BCUT2D eigenvalue weighted by Crippen LogP contribution is -2.56. The normalized spacial score (nSPS) is 27.6. The van der Waals surface area contributed by atoms with Crippen LogP contribution in [-0.4, -0.2) is 41.9 Å². The summed E-state index contributed by atoms with van der Waals surface area (Å²) in [5.74, 6) is 2.87. The fourth-order valence-corrected chi connectivity index (χ4v) is 5.03. The van der Waals surface area contributed by atoms with Gasteiger partial charge in [0.1, 0.15) is 5.82 Å². The Balaban J connectivity index is 1.49. The molecule has 130 valence electrons. The van der Waals surface area contributed by atoms with E-state index in [4.69, 9.17) is 14.7 Å². The first-order valence-corrected chi connectivity index (χ1v) is 10.3. The highest BCUT2D eigenvalue weighted by Crippen LogP contribution is 2.49. The largest absolute Gasteiger partial charge is 0.466 e. The second-order valence-corrected chi connectivity index (χ2v) is 7.92. The van der Waals surface area contributed by atoms with Gasteiger partial charge in [-0.25, -0.2) is 9.97 Å². The first kappa shape index (κ1) is 16.2. The van der Waals surface area contributed by atoms with Gasteiger partial charge in [-0.2, -0.15) is 0 Å². The molecule has 1 saturated carbocycles. The topological polar surface area (TPSA) is 55.3 Å². The average molecular weight is 347 g/mol. The van der Waals surface area contributed by atoms with Crippen molar-refractivity contribution in [3.63, 3.8) is 0 Å². The van der Waals surface area contributed by atoms with Crippen molar-refractivity contribution in [3.05, 3.63) is 11.3 Å². The van der Waals surface area contributed by atoms with Crippen LogP contribution in [0.3, 0.4) is 0 Å². The van der Waals surface area contributed by atoms with Crippen LogP contribution >= 0.6 is 11.8 Å². The van der Waals surface area contributed by atoms with Gasteiger partial charge in [-0.05, 0) is 56.6 Å². The number of nitrogens with zero attached hydrogens (tertiary/aromatic N) is 3. The van der Waals surface area contributed by atoms with Crippen LogP contribution in [0.2, 0.25) is 0 Å². The molecule has 4 aliphatic rings. The van der Waals surface area contributed by atoms with Crippen molar-refractivity contribution in [2.45, 2.75) is 44.2 Å². The van der Waals surface area contributed by atoms with Gasteiger partial charge in [-0.15, -0.1) is 0 Å². The SMILES string of the molecule is CCOC(=O)CC1[C@@H]2C[C@H]1CN(c1nc(SC)nc3c1CCC3)C2. The number of esters is 1. The van der Waals surface area contributed by atoms with Crippen LogP contribution in [0.15, 0.2) is 5.16 Å². The van der Waals surface area contributed by atoms with Crippen molar-refractivity contribution in [3.8, 4) is 0 Å². The van der Waals surface area contributed by atoms with Crippen molar-refractivity contribution in [2.75, 3.05) is 30.9 Å². The minimum absolute atomic E-state index is 0.0294. The lowest BCUT2D eigenvalue weighted by Gasteiger charge is -2.54. The highest BCUT2D eigenvalue weighted by Gasteiger charge is 2.48. The van der Waals surface area contributed by atoms with Gasteiger partial charge in [0.05, 0.1) is 12.3 Å². The maximum atomic E-state index is 11.8. The zero-order valence-corrected chi connectivity index (χ0v) is 15.3. The minimum Gasteiger partial charge on any atom is -0.466 e. The third-order valence-electron chi connectivity index (χ3n) is 5.81. The predicted molar refractivity (Wildman–Crippen MR) is 94.4 cm³/mol. The van der Waals surface area contributed by atoms with Crippen molar-refractivity contribution in [2.24, 2.45) is 17.8 Å². The van der Waals surface area contributed by atoms with Crippen LogP contribution in [0.25, 0.3) is 0 Å². The average Bonchev–Trinajstić information content (AvgIpc) is 3.07. The number of fused-ring (bicyclic) bond motifs is 3. The van der Waals surface area contributed by atoms with Gasteiger partial charge in [-0.1, -0.05) is 11.8 Å². The number of anilines is 1. The summed E-state index contributed by atoms with van der Waals surface area (Å²) in [6.07, 6.45) is 7.28. The molecule has 1 aromatic rings. The van der Waals surface area contributed by atoms with E-state index in [0.29, 0.717) is 30.8 Å². The van der Waals surface area contributed by atoms with E-state index in [9.17, 15) is 4.79 Å². The fourth-order valence-electron chi connectivity index (χ4n) is 4.65. The van der Waals surface area contributed by atoms with Crippen LogP contribution in [0, 0.1) is 17.8 Å². The number of ether oxygens (including phenoxy) is 1. The molecule has 0 aromatic carbocycles. The van der Waals surface area contributed by atoms with Gasteiger partial charge in [0.15, 0.2) is 5.16 Å². The van der Waals surface area contributed by atoms with Crippen LogP contribution in [0.5, 0.6) is 0 Å². The van der Waals surface area contributed by atoms with Crippen LogP contribution < -0.4 is 4.90 Å². The first-order valence-electron chi connectivity index (χ1n) is 9.04. The van der Waals surface area contributed by atoms with Gasteiger partial charge in [0, 0.05) is 25.1 Å². The van der Waals surface area contributed by atoms with Gasteiger partial charge in [0.25, 0.3) is 0 Å². The lowest BCUT2D eigenvalue weighted by molar-refractivity contribution is -0.147. The molecule has 2 aliphatic heterocycles. The number of thioether (sulfide) groups is 1. The highest BCUT2D eigenvalue weighted by molar-refractivity contribution is 7.98. The van der Waals surface area contributed by atoms with E-state index in [2.05, 4.69) is 4.90 Å². The lowest BCUT2D eigenvalue weighted by atomic mass is 9.60. The molecule has 2 aliphatic carbocycles. The molecule has 1 aromatic heterocycles. The van der Waals surface area contributed by atoms with E-state index in [1.165, 1.54) is 29.9 Å². The Labute approximate surface area is 147 Å². The molecule has 2 bridgehead atoms. The van der Waals surface area contributed by atoms with Crippen LogP contribution in [0.1, 0.15) is 37.4 Å². The molecule has 5 rings (SSSR count). The number of carbonyl (C=O) groups excluding carboxylic acids is 1. The molecule has 0 N–H and O–H groups in total. The Bertz CT molecular complexity index is 639. The number of carbonyl (C=O) groups is 1. The molecule has 0 amide bonds. The van der Waals surface area contributed by atoms with Crippen molar-refractivity contribution in [1.82, 2.24) is 9.97 Å². The summed E-state index contributed by atoms with van der Waals surface area (Å²) in [7, 11) is 0. The molecule has 6 heteroatoms. The third-order valence-corrected chi connectivity index (χ3v) is 6.35. The number of hydrogen-bond donors (Lipinski definition) is 0. The van der Waals surface area contributed by atoms with E-state index in [1.54, 1.807) is 11.8 Å². The standard InChI is InChI=1S/C18H25N3O2S/c1-3-23-16(22)8-14-11-7-12(14)10-21(9-11)17-13-5-4-6-15(13)19-18(20-17)24-2/h11-12,14H,3-10H2,1-2H3/t11-,12+,14?. The Morgan fingerprint density at radius 2 is 2.08 bits per heavy atom. The van der Waals surface area contributed by atoms with Crippen molar-refractivity contribution in [1.29, 1.82) is 0 Å². The van der Waals surface area contributed by atoms with Crippen LogP contribution in [0.4, 0.5) is 5.82 Å². The van der Waals surface area contributed by atoms with Gasteiger partial charge in [0.2, 0.25) is 0 Å². The van der Waals surface area contributed by atoms with Gasteiger partial charge in [-0.3, -0.25) is 4.79 Å². The molecule has 1 unspecified atom stereocenters. The number of aromatic nitrogens is 2.